The summed E-state index contributed by atoms with van der Waals surface area (Å²) >= 11 is 0. The van der Waals surface area contributed by atoms with E-state index in [4.69, 9.17) is 10.5 Å². The second-order valence-corrected chi connectivity index (χ2v) is 5.27. The van der Waals surface area contributed by atoms with Gasteiger partial charge in [-0.3, -0.25) is 9.79 Å². The predicted octanol–water partition coefficient (Wildman–Crippen LogP) is 1.67. The van der Waals surface area contributed by atoms with Gasteiger partial charge in [-0.25, -0.2) is 0 Å². The van der Waals surface area contributed by atoms with Crippen molar-refractivity contribution in [2.75, 3.05) is 26.0 Å². The number of rotatable bonds is 4. The highest BCUT2D eigenvalue weighted by Gasteiger charge is 2.31. The average molecular weight is 418 g/mol. The summed E-state index contributed by atoms with van der Waals surface area (Å²) in [4.78, 5) is 17.6. The van der Waals surface area contributed by atoms with E-state index in [0.717, 1.165) is 18.5 Å². The summed E-state index contributed by atoms with van der Waals surface area (Å²) in [7, 11) is 3.47. The largest absolute Gasteiger partial charge is 0.370 e. The predicted molar refractivity (Wildman–Crippen MR) is 98.6 cm³/mol. The van der Waals surface area contributed by atoms with Gasteiger partial charge in [-0.15, -0.1) is 24.0 Å². The van der Waals surface area contributed by atoms with E-state index in [1.807, 2.05) is 30.3 Å². The van der Waals surface area contributed by atoms with Crippen LogP contribution in [0, 0.1) is 0 Å². The summed E-state index contributed by atoms with van der Waals surface area (Å²) in [6, 6.07) is 9.62. The maximum atomic E-state index is 11.8. The van der Waals surface area contributed by atoms with Gasteiger partial charge in [-0.1, -0.05) is 18.2 Å². The van der Waals surface area contributed by atoms with Gasteiger partial charge >= 0.3 is 0 Å². The number of carbonyl (C=O) groups excluding carboxylic acids is 1. The molecule has 2 rings (SSSR count). The lowest BCUT2D eigenvalue weighted by molar-refractivity contribution is -0.140. The lowest BCUT2D eigenvalue weighted by atomic mass is 10.2. The molecule has 0 saturated carbocycles. The van der Waals surface area contributed by atoms with Gasteiger partial charge in [0.25, 0.3) is 5.91 Å². The van der Waals surface area contributed by atoms with Crippen LogP contribution in [0.25, 0.3) is 0 Å². The molecule has 1 amide bonds. The van der Waals surface area contributed by atoms with Crippen molar-refractivity contribution in [3.05, 3.63) is 30.3 Å². The first kappa shape index (κ1) is 18.7. The number of nitrogens with one attached hydrogen (secondary N) is 1. The number of halogens is 1. The van der Waals surface area contributed by atoms with Crippen LogP contribution in [0.15, 0.2) is 35.3 Å². The molecule has 1 fully saturated rings. The van der Waals surface area contributed by atoms with Crippen LogP contribution in [0.1, 0.15) is 12.8 Å². The third-order valence-electron chi connectivity index (χ3n) is 3.34. The fourth-order valence-corrected chi connectivity index (χ4v) is 2.22. The summed E-state index contributed by atoms with van der Waals surface area (Å²) in [6.07, 6.45) is 1.17. The average Bonchev–Trinajstić information content (AvgIpc) is 2.94. The van der Waals surface area contributed by atoms with E-state index in [1.165, 1.54) is 0 Å². The molecule has 2 atom stereocenters. The molecule has 0 aliphatic carbocycles. The Morgan fingerprint density at radius 1 is 1.36 bits per heavy atom. The van der Waals surface area contributed by atoms with E-state index in [-0.39, 0.29) is 42.1 Å². The maximum absolute atomic E-state index is 11.8. The fourth-order valence-electron chi connectivity index (χ4n) is 2.22. The van der Waals surface area contributed by atoms with Crippen molar-refractivity contribution in [2.24, 2.45) is 10.7 Å². The number of para-hydroxylation sites is 1. The zero-order valence-electron chi connectivity index (χ0n) is 12.9. The first-order chi connectivity index (χ1) is 10.1. The first-order valence-electron chi connectivity index (χ1n) is 7.05. The molecule has 2 unspecified atom stereocenters. The van der Waals surface area contributed by atoms with Gasteiger partial charge in [-0.2, -0.15) is 0 Å². The third kappa shape index (κ3) is 5.45. The highest BCUT2D eigenvalue weighted by Crippen LogP contribution is 2.21. The number of ether oxygens (including phenoxy) is 1. The van der Waals surface area contributed by atoms with Gasteiger partial charge in [0.2, 0.25) is 0 Å². The molecular formula is C15H23IN4O2. The van der Waals surface area contributed by atoms with Crippen LogP contribution >= 0.6 is 24.0 Å². The Hall–Kier alpha value is -1.35. The smallest absolute Gasteiger partial charge is 0.251 e. The molecule has 1 aromatic carbocycles. The molecule has 1 aliphatic heterocycles. The van der Waals surface area contributed by atoms with E-state index in [1.54, 1.807) is 19.0 Å². The Morgan fingerprint density at radius 2 is 2.05 bits per heavy atom. The number of anilines is 1. The number of hydrogen-bond acceptors (Lipinski definition) is 3. The molecule has 1 saturated heterocycles. The second kappa shape index (κ2) is 8.94. The normalized spacial score (nSPS) is 21.1. The molecule has 0 bridgehead atoms. The van der Waals surface area contributed by atoms with Crippen molar-refractivity contribution in [3.8, 4) is 0 Å². The zero-order valence-corrected chi connectivity index (χ0v) is 15.2. The topological polar surface area (TPSA) is 80.0 Å². The number of likely N-dealkylation sites (N-methyl/N-ethyl adjacent to an activating group) is 1. The van der Waals surface area contributed by atoms with E-state index < -0.39 is 0 Å². The Labute approximate surface area is 148 Å². The summed E-state index contributed by atoms with van der Waals surface area (Å²) in [5, 5.41) is 3.02. The van der Waals surface area contributed by atoms with Crippen LogP contribution in [0.3, 0.4) is 0 Å². The Morgan fingerprint density at radius 3 is 2.68 bits per heavy atom. The Kier molecular flexibility index (Phi) is 7.60. The Bertz CT molecular complexity index is 508. The highest BCUT2D eigenvalue weighted by atomic mass is 127. The summed E-state index contributed by atoms with van der Waals surface area (Å²) in [5.41, 5.74) is 6.73. The lowest BCUT2D eigenvalue weighted by Crippen LogP contribution is -2.34. The molecule has 1 heterocycles. The quantitative estimate of drug-likeness (QED) is 0.443. The molecule has 7 heteroatoms. The van der Waals surface area contributed by atoms with E-state index in [0.29, 0.717) is 12.5 Å². The first-order valence-corrected chi connectivity index (χ1v) is 7.05. The van der Waals surface area contributed by atoms with Crippen molar-refractivity contribution in [1.29, 1.82) is 0 Å². The standard InChI is InChI=1S/C15H22N4O2.HI/c1-19(2)14(20)13-9-8-12(21-13)10-17-15(16)18-11-6-4-3-5-7-11;/h3-7,12-13H,8-10H2,1-2H3,(H3,16,17,18);1H. The van der Waals surface area contributed by atoms with Gasteiger partial charge in [-0.05, 0) is 25.0 Å². The monoisotopic (exact) mass is 418 g/mol. The minimum Gasteiger partial charge on any atom is -0.370 e. The summed E-state index contributed by atoms with van der Waals surface area (Å²) in [5.74, 6) is 0.365. The van der Waals surface area contributed by atoms with Crippen LogP contribution in [-0.2, 0) is 9.53 Å². The van der Waals surface area contributed by atoms with Crippen molar-refractivity contribution < 1.29 is 9.53 Å². The van der Waals surface area contributed by atoms with Crippen LogP contribution in [0.5, 0.6) is 0 Å². The van der Waals surface area contributed by atoms with Crippen molar-refractivity contribution in [2.45, 2.75) is 25.0 Å². The van der Waals surface area contributed by atoms with Gasteiger partial charge < -0.3 is 20.7 Å². The van der Waals surface area contributed by atoms with Crippen LogP contribution < -0.4 is 11.1 Å². The summed E-state index contributed by atoms with van der Waals surface area (Å²) in [6.45, 7) is 0.461. The van der Waals surface area contributed by atoms with Crippen molar-refractivity contribution in [3.63, 3.8) is 0 Å². The SMILES string of the molecule is CN(C)C(=O)C1CCC(CN=C(N)Nc2ccccc2)O1.I. The van der Waals surface area contributed by atoms with Crippen LogP contribution in [-0.4, -0.2) is 49.6 Å². The number of benzene rings is 1. The zero-order chi connectivity index (χ0) is 15.2. The van der Waals surface area contributed by atoms with Crippen LogP contribution in [0.4, 0.5) is 5.69 Å². The molecule has 0 aromatic heterocycles. The number of aliphatic imine (C=N–C) groups is 1. The number of nitrogens with zero attached hydrogens (tertiary/aromatic N) is 2. The fraction of sp³-hybridized carbons (Fsp3) is 0.467. The number of guanidine groups is 1. The highest BCUT2D eigenvalue weighted by molar-refractivity contribution is 14.0. The molecule has 3 N–H and O–H groups in total. The molecule has 122 valence electrons. The summed E-state index contributed by atoms with van der Waals surface area (Å²) < 4.78 is 5.70. The lowest BCUT2D eigenvalue weighted by Gasteiger charge is -2.16. The molecule has 1 aliphatic rings. The molecule has 0 radical (unpaired) electrons. The minimum atomic E-state index is -0.344. The second-order valence-electron chi connectivity index (χ2n) is 5.27. The van der Waals surface area contributed by atoms with Crippen LogP contribution in [0.2, 0.25) is 0 Å². The maximum Gasteiger partial charge on any atom is 0.251 e. The van der Waals surface area contributed by atoms with Gasteiger partial charge in [0.15, 0.2) is 5.96 Å². The van der Waals surface area contributed by atoms with Gasteiger partial charge in [0.1, 0.15) is 6.10 Å². The third-order valence-corrected chi connectivity index (χ3v) is 3.34. The molecule has 1 aromatic rings. The molecule has 0 spiro atoms. The number of nitrogens with two attached hydrogens (primary N) is 1. The molecule has 6 nitrogen and oxygen atoms in total. The van der Waals surface area contributed by atoms with Gasteiger partial charge in [0.05, 0.1) is 12.6 Å². The minimum absolute atomic E-state index is 0. The van der Waals surface area contributed by atoms with Crippen molar-refractivity contribution in [1.82, 2.24) is 4.90 Å². The number of amides is 1. The molecular weight excluding hydrogens is 395 g/mol. The Balaban J connectivity index is 0.00000242. The van der Waals surface area contributed by atoms with E-state index >= 15 is 0 Å². The number of carbonyl (C=O) groups is 1. The number of hydrogen-bond donors (Lipinski definition) is 2. The van der Waals surface area contributed by atoms with E-state index in [2.05, 4.69) is 10.3 Å². The van der Waals surface area contributed by atoms with Crippen molar-refractivity contribution >= 4 is 41.5 Å². The molecule has 22 heavy (non-hydrogen) atoms. The van der Waals surface area contributed by atoms with E-state index in [9.17, 15) is 4.79 Å². The van der Waals surface area contributed by atoms with Gasteiger partial charge in [0, 0.05) is 19.8 Å².